The van der Waals surface area contributed by atoms with Gasteiger partial charge in [-0.25, -0.2) is 4.79 Å². The average molecular weight is 270 g/mol. The number of amides is 1. The second-order valence-corrected chi connectivity index (χ2v) is 5.83. The highest BCUT2D eigenvalue weighted by atomic mass is 16.5. The Morgan fingerprint density at radius 1 is 1.32 bits per heavy atom. The Morgan fingerprint density at radius 3 is 2.47 bits per heavy atom. The summed E-state index contributed by atoms with van der Waals surface area (Å²) in [6, 6.07) is -0.709. The lowest BCUT2D eigenvalue weighted by Crippen LogP contribution is -2.49. The number of esters is 1. The minimum absolute atomic E-state index is 0.0937. The first-order valence-corrected chi connectivity index (χ1v) is 7.14. The number of nitrogens with one attached hydrogen (secondary N) is 2. The lowest BCUT2D eigenvalue weighted by Gasteiger charge is -2.22. The number of carbonyl (C=O) groups excluding carboxylic acids is 2. The zero-order valence-electron chi connectivity index (χ0n) is 12.4. The Kier molecular flexibility index (Phi) is 6.28. The van der Waals surface area contributed by atoms with E-state index < -0.39 is 6.04 Å². The first-order valence-electron chi connectivity index (χ1n) is 7.14. The molecule has 1 aliphatic rings. The molecule has 0 aromatic heterocycles. The Bertz CT molecular complexity index is 310. The van der Waals surface area contributed by atoms with Crippen molar-refractivity contribution in [2.24, 2.45) is 5.92 Å². The summed E-state index contributed by atoms with van der Waals surface area (Å²) < 4.78 is 5.20. The highest BCUT2D eigenvalue weighted by Crippen LogP contribution is 2.10. The molecule has 5 nitrogen and oxygen atoms in total. The maximum Gasteiger partial charge on any atom is 0.328 e. The van der Waals surface area contributed by atoms with Crippen molar-refractivity contribution in [3.63, 3.8) is 0 Å². The molecular weight excluding hydrogens is 244 g/mol. The molecule has 0 bridgehead atoms. The predicted molar refractivity (Wildman–Crippen MR) is 73.6 cm³/mol. The Hall–Kier alpha value is -1.10. The first kappa shape index (κ1) is 16.0. The van der Waals surface area contributed by atoms with Crippen LogP contribution in [0.15, 0.2) is 0 Å². The van der Waals surface area contributed by atoms with Crippen LogP contribution in [0.3, 0.4) is 0 Å². The summed E-state index contributed by atoms with van der Waals surface area (Å²) in [7, 11) is 0. The van der Waals surface area contributed by atoms with Crippen molar-refractivity contribution in [3.8, 4) is 0 Å². The number of hydrogen-bond acceptors (Lipinski definition) is 4. The highest BCUT2D eigenvalue weighted by molar-refractivity contribution is 5.87. The fraction of sp³-hybridized carbons (Fsp3) is 0.857. The molecule has 0 aliphatic carbocycles. The molecule has 1 unspecified atom stereocenters. The normalized spacial score (nSPS) is 20.6. The molecule has 0 spiro atoms. The quantitative estimate of drug-likeness (QED) is 0.712. The molecule has 1 aliphatic heterocycles. The topological polar surface area (TPSA) is 67.4 Å². The Labute approximate surface area is 115 Å². The summed E-state index contributed by atoms with van der Waals surface area (Å²) >= 11 is 0. The molecular formula is C14H26N2O3. The van der Waals surface area contributed by atoms with Crippen LogP contribution in [0.5, 0.6) is 0 Å². The van der Waals surface area contributed by atoms with Gasteiger partial charge >= 0.3 is 5.97 Å². The van der Waals surface area contributed by atoms with Crippen LogP contribution in [-0.2, 0) is 14.3 Å². The number of carbonyl (C=O) groups is 2. The standard InChI is InChI=1S/C14H26N2O3/c1-9(2)8-12(14(18)19-10(3)4)16-13(17)11-6-5-7-15-11/h9-12,15H,5-8H2,1-4H3,(H,16,17)/t11?,12-/m0/s1. The molecule has 0 aromatic rings. The van der Waals surface area contributed by atoms with E-state index in [-0.39, 0.29) is 24.0 Å². The van der Waals surface area contributed by atoms with E-state index in [2.05, 4.69) is 10.6 Å². The van der Waals surface area contributed by atoms with Crippen LogP contribution in [0.4, 0.5) is 0 Å². The minimum Gasteiger partial charge on any atom is -0.461 e. The maximum absolute atomic E-state index is 12.0. The lowest BCUT2D eigenvalue weighted by atomic mass is 10.0. The summed E-state index contributed by atoms with van der Waals surface area (Å²) in [5, 5.41) is 5.95. The molecule has 1 amide bonds. The van der Waals surface area contributed by atoms with Crippen LogP contribution < -0.4 is 10.6 Å². The molecule has 19 heavy (non-hydrogen) atoms. The summed E-state index contributed by atoms with van der Waals surface area (Å²) in [6.45, 7) is 8.53. The van der Waals surface area contributed by atoms with Gasteiger partial charge in [-0.05, 0) is 45.6 Å². The number of hydrogen-bond donors (Lipinski definition) is 2. The molecule has 5 heteroatoms. The smallest absolute Gasteiger partial charge is 0.328 e. The van der Waals surface area contributed by atoms with Crippen LogP contribution in [0.2, 0.25) is 0 Å². The van der Waals surface area contributed by atoms with Gasteiger partial charge in [0.1, 0.15) is 6.04 Å². The fourth-order valence-electron chi connectivity index (χ4n) is 2.18. The Balaban J connectivity index is 2.57. The van der Waals surface area contributed by atoms with E-state index in [4.69, 9.17) is 4.74 Å². The zero-order valence-corrected chi connectivity index (χ0v) is 12.4. The molecule has 1 saturated heterocycles. The van der Waals surface area contributed by atoms with E-state index >= 15 is 0 Å². The van der Waals surface area contributed by atoms with E-state index in [1.165, 1.54) is 0 Å². The zero-order chi connectivity index (χ0) is 14.4. The van der Waals surface area contributed by atoms with Gasteiger partial charge in [0.05, 0.1) is 12.1 Å². The van der Waals surface area contributed by atoms with Gasteiger partial charge in [-0.2, -0.15) is 0 Å². The van der Waals surface area contributed by atoms with Crippen LogP contribution >= 0.6 is 0 Å². The average Bonchev–Trinajstić information content (AvgIpc) is 2.79. The van der Waals surface area contributed by atoms with E-state index in [1.807, 2.05) is 27.7 Å². The van der Waals surface area contributed by atoms with E-state index in [0.717, 1.165) is 19.4 Å². The van der Waals surface area contributed by atoms with Crippen molar-refractivity contribution in [1.82, 2.24) is 10.6 Å². The first-order chi connectivity index (χ1) is 8.90. The molecule has 1 rings (SSSR count). The van der Waals surface area contributed by atoms with Crippen molar-refractivity contribution < 1.29 is 14.3 Å². The molecule has 0 aromatic carbocycles. The molecule has 110 valence electrons. The largest absolute Gasteiger partial charge is 0.461 e. The highest BCUT2D eigenvalue weighted by Gasteiger charge is 2.28. The third-order valence-electron chi connectivity index (χ3n) is 3.04. The number of ether oxygens (including phenoxy) is 1. The Morgan fingerprint density at radius 2 is 2.00 bits per heavy atom. The molecule has 2 N–H and O–H groups in total. The summed E-state index contributed by atoms with van der Waals surface area (Å²) in [5.41, 5.74) is 0. The van der Waals surface area contributed by atoms with Gasteiger partial charge < -0.3 is 15.4 Å². The van der Waals surface area contributed by atoms with Crippen LogP contribution in [0, 0.1) is 5.92 Å². The minimum atomic E-state index is -0.544. The third-order valence-corrected chi connectivity index (χ3v) is 3.04. The van der Waals surface area contributed by atoms with E-state index in [1.54, 1.807) is 0 Å². The molecule has 1 heterocycles. The summed E-state index contributed by atoms with van der Waals surface area (Å²) in [6.07, 6.45) is 2.27. The summed E-state index contributed by atoms with van der Waals surface area (Å²) in [5.74, 6) is -0.111. The van der Waals surface area contributed by atoms with Gasteiger partial charge in [0.2, 0.25) is 5.91 Å². The third kappa shape index (κ3) is 5.59. The second-order valence-electron chi connectivity index (χ2n) is 5.83. The SMILES string of the molecule is CC(C)C[C@H](NC(=O)C1CCCN1)C(=O)OC(C)C. The van der Waals surface area contributed by atoms with Gasteiger partial charge in [0.15, 0.2) is 0 Å². The lowest BCUT2D eigenvalue weighted by molar-refractivity contribution is -0.152. The van der Waals surface area contributed by atoms with Crippen LogP contribution in [0.1, 0.15) is 47.0 Å². The van der Waals surface area contributed by atoms with E-state index in [0.29, 0.717) is 12.3 Å². The number of rotatable bonds is 6. The fourth-order valence-corrected chi connectivity index (χ4v) is 2.18. The van der Waals surface area contributed by atoms with Gasteiger partial charge in [-0.3, -0.25) is 4.79 Å². The molecule has 2 atom stereocenters. The molecule has 0 saturated carbocycles. The van der Waals surface area contributed by atoms with Crippen molar-refractivity contribution >= 4 is 11.9 Å². The van der Waals surface area contributed by atoms with E-state index in [9.17, 15) is 9.59 Å². The van der Waals surface area contributed by atoms with Crippen LogP contribution in [-0.4, -0.2) is 36.6 Å². The molecule has 1 fully saturated rings. The second kappa shape index (κ2) is 7.48. The van der Waals surface area contributed by atoms with Crippen molar-refractivity contribution in [3.05, 3.63) is 0 Å². The van der Waals surface area contributed by atoms with Gasteiger partial charge in [-0.1, -0.05) is 13.8 Å². The van der Waals surface area contributed by atoms with Gasteiger partial charge in [0, 0.05) is 0 Å². The van der Waals surface area contributed by atoms with Crippen LogP contribution in [0.25, 0.3) is 0 Å². The van der Waals surface area contributed by atoms with Crippen molar-refractivity contribution in [2.45, 2.75) is 65.1 Å². The van der Waals surface area contributed by atoms with Gasteiger partial charge in [0.25, 0.3) is 0 Å². The van der Waals surface area contributed by atoms with Crippen molar-refractivity contribution in [2.75, 3.05) is 6.54 Å². The van der Waals surface area contributed by atoms with Gasteiger partial charge in [-0.15, -0.1) is 0 Å². The summed E-state index contributed by atoms with van der Waals surface area (Å²) in [4.78, 5) is 24.0. The predicted octanol–water partition coefficient (Wildman–Crippen LogP) is 1.22. The maximum atomic E-state index is 12.0. The van der Waals surface area contributed by atoms with Crippen molar-refractivity contribution in [1.29, 1.82) is 0 Å². The molecule has 0 radical (unpaired) electrons. The monoisotopic (exact) mass is 270 g/mol.